The molecule has 0 aromatic heterocycles. The largest absolute Gasteiger partial charge is 0.496 e. The molecular formula is C15H14BrNO4S2. The summed E-state index contributed by atoms with van der Waals surface area (Å²) in [5.41, 5.74) is 0.828. The van der Waals surface area contributed by atoms with E-state index in [0.717, 1.165) is 10.0 Å². The van der Waals surface area contributed by atoms with Gasteiger partial charge >= 0.3 is 5.97 Å². The van der Waals surface area contributed by atoms with Gasteiger partial charge < -0.3 is 9.47 Å². The number of methoxy groups -OCH3 is 1. The average molecular weight is 416 g/mol. The maximum atomic E-state index is 12.4. The van der Waals surface area contributed by atoms with Crippen LogP contribution in [0.5, 0.6) is 5.75 Å². The lowest BCUT2D eigenvalue weighted by molar-refractivity contribution is -0.145. The minimum atomic E-state index is -0.475. The first-order valence-corrected chi connectivity index (χ1v) is 8.72. The van der Waals surface area contributed by atoms with Crippen molar-refractivity contribution in [2.24, 2.45) is 0 Å². The highest BCUT2D eigenvalue weighted by molar-refractivity contribution is 9.10. The van der Waals surface area contributed by atoms with Gasteiger partial charge in [0.05, 0.1) is 23.1 Å². The SMILES string of the molecule is CCOC(=O)CN1C(=O)/C(=C/c2ccc(OC)c(Br)c2)SC1=S. The number of hydrogen-bond acceptors (Lipinski definition) is 6. The fourth-order valence-electron chi connectivity index (χ4n) is 1.90. The molecule has 1 aliphatic rings. The number of esters is 1. The number of carbonyl (C=O) groups excluding carboxylic acids is 2. The van der Waals surface area contributed by atoms with Gasteiger partial charge in [-0.1, -0.05) is 30.0 Å². The zero-order valence-corrected chi connectivity index (χ0v) is 15.7. The number of thiocarbonyl (C=S) groups is 1. The van der Waals surface area contributed by atoms with Crippen LogP contribution in [0.3, 0.4) is 0 Å². The Morgan fingerprint density at radius 3 is 2.83 bits per heavy atom. The van der Waals surface area contributed by atoms with Crippen LogP contribution in [0.15, 0.2) is 27.6 Å². The van der Waals surface area contributed by atoms with Crippen molar-refractivity contribution >= 4 is 62.2 Å². The molecule has 0 atom stereocenters. The molecule has 1 heterocycles. The summed E-state index contributed by atoms with van der Waals surface area (Å²) in [5.74, 6) is -0.0609. The second-order valence-corrected chi connectivity index (χ2v) is 7.00. The lowest BCUT2D eigenvalue weighted by Gasteiger charge is -2.12. The van der Waals surface area contributed by atoms with Crippen molar-refractivity contribution in [3.05, 3.63) is 33.1 Å². The van der Waals surface area contributed by atoms with Crippen LogP contribution < -0.4 is 4.74 Å². The Balaban J connectivity index is 2.18. The molecule has 0 saturated carbocycles. The van der Waals surface area contributed by atoms with Crippen LogP contribution >= 0.6 is 39.9 Å². The molecule has 5 nitrogen and oxygen atoms in total. The van der Waals surface area contributed by atoms with Crippen LogP contribution in [0.1, 0.15) is 12.5 Å². The van der Waals surface area contributed by atoms with E-state index < -0.39 is 5.97 Å². The summed E-state index contributed by atoms with van der Waals surface area (Å²) in [5, 5.41) is 0. The first-order valence-electron chi connectivity index (χ1n) is 6.70. The lowest BCUT2D eigenvalue weighted by Crippen LogP contribution is -2.34. The van der Waals surface area contributed by atoms with Crippen LogP contribution in [-0.4, -0.2) is 41.4 Å². The highest BCUT2D eigenvalue weighted by atomic mass is 79.9. The third-order valence-corrected chi connectivity index (χ3v) is 4.94. The molecule has 1 aromatic rings. The van der Waals surface area contributed by atoms with Gasteiger partial charge in [0.15, 0.2) is 0 Å². The first-order chi connectivity index (χ1) is 11.0. The van der Waals surface area contributed by atoms with Crippen molar-refractivity contribution in [2.75, 3.05) is 20.3 Å². The Hall–Kier alpha value is -1.38. The maximum Gasteiger partial charge on any atom is 0.326 e. The van der Waals surface area contributed by atoms with Crippen molar-refractivity contribution in [1.29, 1.82) is 0 Å². The Kier molecular flexibility index (Phi) is 6.20. The van der Waals surface area contributed by atoms with Gasteiger partial charge in [0.2, 0.25) is 0 Å². The quantitative estimate of drug-likeness (QED) is 0.418. The Labute approximate surface area is 152 Å². The Bertz CT molecular complexity index is 690. The highest BCUT2D eigenvalue weighted by Gasteiger charge is 2.33. The van der Waals surface area contributed by atoms with E-state index >= 15 is 0 Å². The second kappa shape index (κ2) is 7.94. The monoisotopic (exact) mass is 415 g/mol. The standard InChI is InChI=1S/C15H14BrNO4S2/c1-3-21-13(18)8-17-14(19)12(23-15(17)22)7-9-4-5-11(20-2)10(16)6-9/h4-7H,3,8H2,1-2H3/b12-7-. The van der Waals surface area contributed by atoms with Gasteiger partial charge in [-0.2, -0.15) is 0 Å². The van der Waals surface area contributed by atoms with Crippen LogP contribution in [0, 0.1) is 0 Å². The van der Waals surface area contributed by atoms with Gasteiger partial charge in [-0.05, 0) is 46.6 Å². The van der Waals surface area contributed by atoms with Gasteiger partial charge in [-0.25, -0.2) is 0 Å². The molecule has 0 bridgehead atoms. The third kappa shape index (κ3) is 4.33. The fraction of sp³-hybridized carbons (Fsp3) is 0.267. The molecule has 23 heavy (non-hydrogen) atoms. The van der Waals surface area contributed by atoms with Crippen molar-refractivity contribution in [3.8, 4) is 5.75 Å². The number of nitrogens with zero attached hydrogens (tertiary/aromatic N) is 1. The van der Waals surface area contributed by atoms with Crippen LogP contribution in [0.4, 0.5) is 0 Å². The van der Waals surface area contributed by atoms with E-state index in [1.54, 1.807) is 26.2 Å². The third-order valence-electron chi connectivity index (χ3n) is 2.94. The predicted molar refractivity (Wildman–Crippen MR) is 97.2 cm³/mol. The van der Waals surface area contributed by atoms with E-state index in [-0.39, 0.29) is 19.1 Å². The minimum Gasteiger partial charge on any atom is -0.496 e. The summed E-state index contributed by atoms with van der Waals surface area (Å²) in [6.07, 6.45) is 1.73. The predicted octanol–water partition coefficient (Wildman–Crippen LogP) is 3.22. The zero-order chi connectivity index (χ0) is 17.0. The number of hydrogen-bond donors (Lipinski definition) is 0. The first kappa shape index (κ1) is 18.0. The van der Waals surface area contributed by atoms with Crippen LogP contribution in [0.2, 0.25) is 0 Å². The maximum absolute atomic E-state index is 12.4. The number of rotatable bonds is 5. The second-order valence-electron chi connectivity index (χ2n) is 4.47. The molecule has 1 amide bonds. The number of benzene rings is 1. The number of ether oxygens (including phenoxy) is 2. The summed E-state index contributed by atoms with van der Waals surface area (Å²) in [7, 11) is 1.58. The molecule has 0 spiro atoms. The average Bonchev–Trinajstić information content (AvgIpc) is 2.75. The molecule has 2 rings (SSSR count). The van der Waals surface area contributed by atoms with Gasteiger partial charge in [0, 0.05) is 0 Å². The summed E-state index contributed by atoms with van der Waals surface area (Å²) in [6, 6.07) is 5.48. The lowest BCUT2D eigenvalue weighted by atomic mass is 10.2. The van der Waals surface area contributed by atoms with E-state index in [1.165, 1.54) is 16.7 Å². The molecule has 1 saturated heterocycles. The van der Waals surface area contributed by atoms with E-state index in [1.807, 2.05) is 12.1 Å². The topological polar surface area (TPSA) is 55.8 Å². The number of thioether (sulfide) groups is 1. The molecule has 1 aliphatic heterocycles. The molecule has 0 unspecified atom stereocenters. The molecule has 0 aliphatic carbocycles. The molecule has 0 N–H and O–H groups in total. The highest BCUT2D eigenvalue weighted by Crippen LogP contribution is 2.33. The van der Waals surface area contributed by atoms with Crippen molar-refractivity contribution < 1.29 is 19.1 Å². The molecular weight excluding hydrogens is 402 g/mol. The van der Waals surface area contributed by atoms with E-state index in [4.69, 9.17) is 21.7 Å². The normalized spacial score (nSPS) is 16.1. The van der Waals surface area contributed by atoms with Crippen LogP contribution in [-0.2, 0) is 14.3 Å². The van der Waals surface area contributed by atoms with Gasteiger partial charge in [-0.15, -0.1) is 0 Å². The number of amides is 1. The van der Waals surface area contributed by atoms with Crippen LogP contribution in [0.25, 0.3) is 6.08 Å². The molecule has 122 valence electrons. The van der Waals surface area contributed by atoms with Crippen molar-refractivity contribution in [3.63, 3.8) is 0 Å². The number of halogens is 1. The molecule has 8 heteroatoms. The van der Waals surface area contributed by atoms with Crippen molar-refractivity contribution in [1.82, 2.24) is 4.90 Å². The summed E-state index contributed by atoms with van der Waals surface area (Å²) < 4.78 is 11.2. The molecule has 0 radical (unpaired) electrons. The summed E-state index contributed by atoms with van der Waals surface area (Å²) in [6.45, 7) is 1.81. The minimum absolute atomic E-state index is 0.165. The Morgan fingerprint density at radius 1 is 1.48 bits per heavy atom. The van der Waals surface area contributed by atoms with E-state index in [0.29, 0.717) is 15.0 Å². The Morgan fingerprint density at radius 2 is 2.22 bits per heavy atom. The summed E-state index contributed by atoms with van der Waals surface area (Å²) in [4.78, 5) is 25.6. The fourth-order valence-corrected chi connectivity index (χ4v) is 3.71. The smallest absolute Gasteiger partial charge is 0.326 e. The van der Waals surface area contributed by atoms with Gasteiger partial charge in [0.1, 0.15) is 16.6 Å². The van der Waals surface area contributed by atoms with Crippen molar-refractivity contribution in [2.45, 2.75) is 6.92 Å². The molecule has 1 fully saturated rings. The van der Waals surface area contributed by atoms with E-state index in [2.05, 4.69) is 15.9 Å². The van der Waals surface area contributed by atoms with Gasteiger partial charge in [0.25, 0.3) is 5.91 Å². The number of carbonyl (C=O) groups is 2. The summed E-state index contributed by atoms with van der Waals surface area (Å²) >= 11 is 9.74. The molecule has 1 aromatic carbocycles. The zero-order valence-electron chi connectivity index (χ0n) is 12.5. The van der Waals surface area contributed by atoms with E-state index in [9.17, 15) is 9.59 Å². The van der Waals surface area contributed by atoms with Gasteiger partial charge in [-0.3, -0.25) is 14.5 Å².